The molecule has 1 amide bonds. The number of piperidine rings is 1. The molecule has 0 bridgehead atoms. The van der Waals surface area contributed by atoms with E-state index in [0.29, 0.717) is 12.3 Å². The number of hydrogen-bond donors (Lipinski definition) is 1. The van der Waals surface area contributed by atoms with Crippen LogP contribution in [0.3, 0.4) is 0 Å². The van der Waals surface area contributed by atoms with Gasteiger partial charge in [0.05, 0.1) is 16.0 Å². The molecule has 0 aromatic heterocycles. The maximum atomic E-state index is 13.2. The Labute approximate surface area is 188 Å². The molecule has 1 fully saturated rings. The smallest absolute Gasteiger partial charge is 0.243 e. The third-order valence-electron chi connectivity index (χ3n) is 5.51. The van der Waals surface area contributed by atoms with Crippen molar-refractivity contribution in [2.45, 2.75) is 37.0 Å². The number of likely N-dealkylation sites (tertiary alicyclic amines) is 1. The second kappa shape index (κ2) is 10.1. The van der Waals surface area contributed by atoms with Gasteiger partial charge in [-0.05, 0) is 42.9 Å². The van der Waals surface area contributed by atoms with E-state index in [1.807, 2.05) is 35.2 Å². The van der Waals surface area contributed by atoms with Gasteiger partial charge in [-0.15, -0.1) is 0 Å². The average Bonchev–Trinajstić information content (AvgIpc) is 2.71. The molecule has 0 aliphatic carbocycles. The molecule has 1 atom stereocenters. The number of carbonyl (C=O) groups excluding carboxylic acids is 1. The van der Waals surface area contributed by atoms with E-state index in [4.69, 9.17) is 23.2 Å². The van der Waals surface area contributed by atoms with Gasteiger partial charge in [0.25, 0.3) is 0 Å². The summed E-state index contributed by atoms with van der Waals surface area (Å²) >= 11 is 12.1. The van der Waals surface area contributed by atoms with E-state index in [1.54, 1.807) is 6.07 Å². The van der Waals surface area contributed by atoms with Gasteiger partial charge in [-0.2, -0.15) is 0 Å². The summed E-state index contributed by atoms with van der Waals surface area (Å²) in [7, 11) is -3.90. The molecule has 0 spiro atoms. The molecule has 1 N–H and O–H groups in total. The number of nitrogens with zero attached hydrogens (tertiary/aromatic N) is 1. The van der Waals surface area contributed by atoms with Crippen molar-refractivity contribution in [3.05, 3.63) is 64.1 Å². The molecule has 0 saturated carbocycles. The highest BCUT2D eigenvalue weighted by Gasteiger charge is 2.29. The van der Waals surface area contributed by atoms with E-state index < -0.39 is 15.9 Å². The maximum absolute atomic E-state index is 13.2. The molecule has 1 aliphatic heterocycles. The molecule has 3 rings (SSSR count). The lowest BCUT2D eigenvalue weighted by Crippen LogP contribution is -2.41. The lowest BCUT2D eigenvalue weighted by molar-refractivity contribution is -0.134. The largest absolute Gasteiger partial charge is 0.342 e. The molecule has 0 radical (unpaired) electrons. The van der Waals surface area contributed by atoms with Gasteiger partial charge in [0.15, 0.2) is 0 Å². The second-order valence-corrected chi connectivity index (χ2v) is 10.2. The van der Waals surface area contributed by atoms with Crippen LogP contribution >= 0.6 is 23.2 Å². The van der Waals surface area contributed by atoms with Gasteiger partial charge in [0, 0.05) is 19.6 Å². The highest BCUT2D eigenvalue weighted by atomic mass is 35.5. The van der Waals surface area contributed by atoms with Gasteiger partial charge < -0.3 is 4.90 Å². The highest BCUT2D eigenvalue weighted by molar-refractivity contribution is 7.89. The summed E-state index contributed by atoms with van der Waals surface area (Å²) in [4.78, 5) is 15.0. The quantitative estimate of drug-likeness (QED) is 0.639. The maximum Gasteiger partial charge on any atom is 0.243 e. The van der Waals surface area contributed by atoms with Crippen molar-refractivity contribution < 1.29 is 13.2 Å². The summed E-state index contributed by atoms with van der Waals surface area (Å²) in [6.45, 7) is 3.78. The van der Waals surface area contributed by atoms with E-state index in [-0.39, 0.29) is 27.4 Å². The summed E-state index contributed by atoms with van der Waals surface area (Å²) in [5.74, 6) is 0.253. The number of carbonyl (C=O) groups is 1. The predicted octanol–water partition coefficient (Wildman–Crippen LogP) is 4.70. The van der Waals surface area contributed by atoms with Crippen molar-refractivity contribution in [3.63, 3.8) is 0 Å². The first-order chi connectivity index (χ1) is 14.3. The fourth-order valence-electron chi connectivity index (χ4n) is 3.72. The summed E-state index contributed by atoms with van der Waals surface area (Å²) < 4.78 is 28.0. The van der Waals surface area contributed by atoms with Crippen molar-refractivity contribution in [3.8, 4) is 0 Å². The molecule has 30 heavy (non-hydrogen) atoms. The number of amides is 1. The molecule has 1 unspecified atom stereocenters. The minimum atomic E-state index is -3.90. The van der Waals surface area contributed by atoms with Crippen LogP contribution in [-0.4, -0.2) is 38.9 Å². The first kappa shape index (κ1) is 23.1. The Hall–Kier alpha value is -1.60. The minimum Gasteiger partial charge on any atom is -0.342 e. The zero-order valence-corrected chi connectivity index (χ0v) is 19.2. The Morgan fingerprint density at radius 3 is 2.27 bits per heavy atom. The Morgan fingerprint density at radius 1 is 1.07 bits per heavy atom. The first-order valence-electron chi connectivity index (χ1n) is 10.1. The third-order valence-corrected chi connectivity index (χ3v) is 7.92. The Morgan fingerprint density at radius 2 is 1.67 bits per heavy atom. The summed E-state index contributed by atoms with van der Waals surface area (Å²) in [6, 6.07) is 14.1. The minimum absolute atomic E-state index is 0.0445. The number of rotatable bonds is 7. The molecule has 5 nitrogen and oxygen atoms in total. The lowest BCUT2D eigenvalue weighted by Gasteiger charge is -2.33. The van der Waals surface area contributed by atoms with Gasteiger partial charge in [0.2, 0.25) is 15.9 Å². The lowest BCUT2D eigenvalue weighted by atomic mass is 9.92. The van der Waals surface area contributed by atoms with Gasteiger partial charge in [-0.3, -0.25) is 4.79 Å². The fourth-order valence-corrected chi connectivity index (χ4v) is 5.90. The number of hydrogen-bond acceptors (Lipinski definition) is 3. The first-order valence-corrected chi connectivity index (χ1v) is 12.3. The van der Waals surface area contributed by atoms with Crippen LogP contribution in [0.5, 0.6) is 0 Å². The van der Waals surface area contributed by atoms with E-state index >= 15 is 0 Å². The second-order valence-electron chi connectivity index (χ2n) is 7.71. The van der Waals surface area contributed by atoms with Crippen LogP contribution in [0.4, 0.5) is 0 Å². The van der Waals surface area contributed by atoms with Crippen molar-refractivity contribution >= 4 is 39.1 Å². The van der Waals surface area contributed by atoms with Crippen LogP contribution in [0, 0.1) is 5.92 Å². The fraction of sp³-hybridized carbons (Fsp3) is 0.409. The van der Waals surface area contributed by atoms with Crippen LogP contribution in [0.2, 0.25) is 10.0 Å². The van der Waals surface area contributed by atoms with Crippen molar-refractivity contribution in [2.75, 3.05) is 19.6 Å². The molecule has 8 heteroatoms. The molecule has 2 aromatic carbocycles. The van der Waals surface area contributed by atoms with Crippen LogP contribution in [0.25, 0.3) is 0 Å². The standard InChI is InChI=1S/C22H26Cl2N2O3S/c1-16-11-14-26(15-12-16)22(27)18(17-6-3-2-4-7-17)10-13-25-30(28,29)21-19(23)8-5-9-20(21)24/h2-9,16,18,25H,10-15H2,1H3. The molecular formula is C22H26Cl2N2O3S. The van der Waals surface area contributed by atoms with Gasteiger partial charge >= 0.3 is 0 Å². The van der Waals surface area contributed by atoms with Crippen LogP contribution < -0.4 is 4.72 Å². The van der Waals surface area contributed by atoms with E-state index in [1.165, 1.54) is 12.1 Å². The molecule has 1 saturated heterocycles. The topological polar surface area (TPSA) is 66.5 Å². The highest BCUT2D eigenvalue weighted by Crippen LogP contribution is 2.29. The van der Waals surface area contributed by atoms with E-state index in [2.05, 4.69) is 11.6 Å². The zero-order chi connectivity index (χ0) is 21.7. The molecule has 1 heterocycles. The Balaban J connectivity index is 1.73. The number of sulfonamides is 1. The van der Waals surface area contributed by atoms with Crippen molar-refractivity contribution in [1.82, 2.24) is 9.62 Å². The Bertz CT molecular complexity index is 955. The summed E-state index contributed by atoms with van der Waals surface area (Å²) in [6.07, 6.45) is 2.33. The molecular weight excluding hydrogens is 443 g/mol. The molecule has 1 aliphatic rings. The van der Waals surface area contributed by atoms with Gasteiger partial charge in [-0.25, -0.2) is 13.1 Å². The SMILES string of the molecule is CC1CCN(C(=O)C(CCNS(=O)(=O)c2c(Cl)cccc2Cl)c2ccccc2)CC1. The zero-order valence-electron chi connectivity index (χ0n) is 16.9. The average molecular weight is 469 g/mol. The third kappa shape index (κ3) is 5.55. The van der Waals surface area contributed by atoms with Gasteiger partial charge in [0.1, 0.15) is 4.90 Å². The van der Waals surface area contributed by atoms with Crippen LogP contribution in [0.1, 0.15) is 37.7 Å². The number of benzene rings is 2. The monoisotopic (exact) mass is 468 g/mol. The van der Waals surface area contributed by atoms with Gasteiger partial charge in [-0.1, -0.05) is 66.5 Å². The van der Waals surface area contributed by atoms with Crippen molar-refractivity contribution in [1.29, 1.82) is 0 Å². The molecule has 2 aromatic rings. The number of nitrogens with one attached hydrogen (secondary N) is 1. The predicted molar refractivity (Wildman–Crippen MR) is 120 cm³/mol. The van der Waals surface area contributed by atoms with E-state index in [0.717, 1.165) is 31.5 Å². The van der Waals surface area contributed by atoms with Crippen molar-refractivity contribution in [2.24, 2.45) is 5.92 Å². The van der Waals surface area contributed by atoms with Crippen LogP contribution in [-0.2, 0) is 14.8 Å². The normalized spacial score (nSPS) is 16.4. The molecule has 162 valence electrons. The Kier molecular flexibility index (Phi) is 7.80. The summed E-state index contributed by atoms with van der Waals surface area (Å²) in [5.41, 5.74) is 0.885. The van der Waals surface area contributed by atoms with E-state index in [9.17, 15) is 13.2 Å². The van der Waals surface area contributed by atoms with Crippen LogP contribution in [0.15, 0.2) is 53.4 Å². The summed E-state index contributed by atoms with van der Waals surface area (Å²) in [5, 5.41) is 0.126. The number of halogens is 2.